The molecule has 2 heterocycles. The van der Waals surface area contributed by atoms with E-state index >= 15 is 0 Å². The quantitative estimate of drug-likeness (QED) is 0.795. The number of benzene rings is 1. The number of rotatable bonds is 3. The van der Waals surface area contributed by atoms with Gasteiger partial charge in [0.25, 0.3) is 6.47 Å². The molecule has 1 saturated carbocycles. The van der Waals surface area contributed by atoms with E-state index in [0.29, 0.717) is 0 Å². The number of aryl methyl sites for hydroxylation is 1. The van der Waals surface area contributed by atoms with E-state index < -0.39 is 0 Å². The lowest BCUT2D eigenvalue weighted by Crippen LogP contribution is -2.46. The second kappa shape index (κ2) is 8.72. The standard InChI is InChI=1S/C21H27NO2.CH2O2/c1-16-5-7-17(8-6-16)19-10-9-18(24-19)14-22-13-3-12-21(15-22)11-2-4-20(21)23;2-1-3/h5-10,20,23H,2-4,11-15H2,1H3;1H,(H,2,3)/t20-,21-;/m1./s1. The summed E-state index contributed by atoms with van der Waals surface area (Å²) in [6.07, 6.45) is 5.58. The normalized spacial score (nSPS) is 25.2. The molecule has 0 radical (unpaired) electrons. The van der Waals surface area contributed by atoms with Crippen LogP contribution in [0.2, 0.25) is 0 Å². The van der Waals surface area contributed by atoms with Crippen LogP contribution in [-0.2, 0) is 11.3 Å². The molecule has 1 aromatic heterocycles. The van der Waals surface area contributed by atoms with Crippen molar-refractivity contribution in [3.63, 3.8) is 0 Å². The molecule has 27 heavy (non-hydrogen) atoms. The number of aliphatic hydroxyl groups excluding tert-OH is 1. The number of furan rings is 1. The van der Waals surface area contributed by atoms with Crippen molar-refractivity contribution in [2.75, 3.05) is 13.1 Å². The molecule has 1 saturated heterocycles. The third-order valence-corrected chi connectivity index (χ3v) is 5.92. The van der Waals surface area contributed by atoms with Gasteiger partial charge in [0, 0.05) is 17.5 Å². The topological polar surface area (TPSA) is 73.9 Å². The van der Waals surface area contributed by atoms with Crippen LogP contribution in [0.1, 0.15) is 43.4 Å². The second-order valence-electron chi connectivity index (χ2n) is 7.82. The van der Waals surface area contributed by atoms with Gasteiger partial charge in [-0.15, -0.1) is 0 Å². The summed E-state index contributed by atoms with van der Waals surface area (Å²) in [6.45, 7) is 4.81. The largest absolute Gasteiger partial charge is 0.483 e. The molecule has 0 unspecified atom stereocenters. The van der Waals surface area contributed by atoms with Crippen LogP contribution in [0.25, 0.3) is 11.3 Å². The molecule has 1 aliphatic carbocycles. The Labute approximate surface area is 160 Å². The highest BCUT2D eigenvalue weighted by Crippen LogP contribution is 2.45. The van der Waals surface area contributed by atoms with Crippen molar-refractivity contribution in [3.8, 4) is 11.3 Å². The second-order valence-corrected chi connectivity index (χ2v) is 7.82. The van der Waals surface area contributed by atoms with Crippen LogP contribution >= 0.6 is 0 Å². The summed E-state index contributed by atoms with van der Waals surface area (Å²) in [5, 5.41) is 17.3. The molecule has 1 aromatic carbocycles. The van der Waals surface area contributed by atoms with Gasteiger partial charge in [-0.25, -0.2) is 0 Å². The van der Waals surface area contributed by atoms with E-state index in [1.165, 1.54) is 31.2 Å². The summed E-state index contributed by atoms with van der Waals surface area (Å²) in [7, 11) is 0. The van der Waals surface area contributed by atoms with Crippen molar-refractivity contribution in [2.24, 2.45) is 5.41 Å². The number of carbonyl (C=O) groups is 1. The van der Waals surface area contributed by atoms with E-state index in [2.05, 4.69) is 48.2 Å². The monoisotopic (exact) mass is 371 g/mol. The fourth-order valence-electron chi connectivity index (χ4n) is 4.55. The Balaban J connectivity index is 0.000000659. The molecular weight excluding hydrogens is 342 g/mol. The molecule has 4 rings (SSSR count). The van der Waals surface area contributed by atoms with Crippen LogP contribution < -0.4 is 0 Å². The van der Waals surface area contributed by atoms with Gasteiger partial charge in [0.05, 0.1) is 12.6 Å². The van der Waals surface area contributed by atoms with Crippen LogP contribution in [-0.4, -0.2) is 40.8 Å². The maximum atomic E-state index is 10.4. The van der Waals surface area contributed by atoms with Crippen LogP contribution in [0, 0.1) is 12.3 Å². The van der Waals surface area contributed by atoms with Crippen LogP contribution in [0.4, 0.5) is 0 Å². The third-order valence-electron chi connectivity index (χ3n) is 5.92. The molecule has 1 spiro atoms. The van der Waals surface area contributed by atoms with Crippen molar-refractivity contribution >= 4 is 6.47 Å². The number of nitrogens with zero attached hydrogens (tertiary/aromatic N) is 1. The van der Waals surface area contributed by atoms with E-state index in [0.717, 1.165) is 43.1 Å². The molecule has 2 aliphatic rings. The summed E-state index contributed by atoms with van der Waals surface area (Å²) in [6, 6.07) is 12.6. The zero-order chi connectivity index (χ0) is 19.3. The number of hydrogen-bond acceptors (Lipinski definition) is 4. The van der Waals surface area contributed by atoms with E-state index in [4.69, 9.17) is 14.3 Å². The SMILES string of the molecule is Cc1ccc(-c2ccc(CN3CCC[C@]4(CCC[C@H]4O)C3)o2)cc1.O=CO. The lowest BCUT2D eigenvalue weighted by atomic mass is 9.76. The zero-order valence-corrected chi connectivity index (χ0v) is 15.9. The van der Waals surface area contributed by atoms with Crippen LogP contribution in [0.5, 0.6) is 0 Å². The lowest BCUT2D eigenvalue weighted by Gasteiger charge is -2.42. The first-order valence-electron chi connectivity index (χ1n) is 9.70. The van der Waals surface area contributed by atoms with Gasteiger partial charge < -0.3 is 14.6 Å². The fraction of sp³-hybridized carbons (Fsp3) is 0.500. The lowest BCUT2D eigenvalue weighted by molar-refractivity contribution is -0.122. The summed E-state index contributed by atoms with van der Waals surface area (Å²) in [5.41, 5.74) is 2.54. The molecule has 2 aromatic rings. The maximum absolute atomic E-state index is 10.4. The number of likely N-dealkylation sites (tertiary alicyclic amines) is 1. The molecule has 0 bridgehead atoms. The van der Waals surface area contributed by atoms with Gasteiger partial charge in [0.2, 0.25) is 0 Å². The molecule has 5 nitrogen and oxygen atoms in total. The Kier molecular flexibility index (Phi) is 6.34. The van der Waals surface area contributed by atoms with Gasteiger partial charge in [-0.1, -0.05) is 36.2 Å². The Bertz CT molecular complexity index is 739. The minimum absolute atomic E-state index is 0.111. The Morgan fingerprint density at radius 2 is 1.89 bits per heavy atom. The average molecular weight is 371 g/mol. The molecule has 2 fully saturated rings. The number of carboxylic acid groups (broad SMARTS) is 1. The van der Waals surface area contributed by atoms with Crippen LogP contribution in [0.15, 0.2) is 40.8 Å². The van der Waals surface area contributed by atoms with E-state index in [1.807, 2.05) is 0 Å². The predicted molar refractivity (Wildman–Crippen MR) is 104 cm³/mol. The van der Waals surface area contributed by atoms with Crippen molar-refractivity contribution in [2.45, 2.75) is 51.7 Å². The first kappa shape index (κ1) is 19.6. The molecule has 2 atom stereocenters. The summed E-state index contributed by atoms with van der Waals surface area (Å²) < 4.78 is 6.09. The number of aliphatic hydroxyl groups is 1. The van der Waals surface area contributed by atoms with Gasteiger partial charge in [-0.05, 0) is 51.3 Å². The Morgan fingerprint density at radius 1 is 1.19 bits per heavy atom. The van der Waals surface area contributed by atoms with Gasteiger partial charge in [-0.3, -0.25) is 9.69 Å². The molecular formula is C22H29NO4. The van der Waals surface area contributed by atoms with Gasteiger partial charge >= 0.3 is 0 Å². The number of piperidine rings is 1. The zero-order valence-electron chi connectivity index (χ0n) is 15.9. The molecule has 1 aliphatic heterocycles. The average Bonchev–Trinajstić information content (AvgIpc) is 3.24. The summed E-state index contributed by atoms with van der Waals surface area (Å²) in [5.74, 6) is 1.97. The molecule has 0 amide bonds. The van der Waals surface area contributed by atoms with E-state index in [1.54, 1.807) is 0 Å². The molecule has 146 valence electrons. The highest BCUT2D eigenvalue weighted by Gasteiger charge is 2.44. The van der Waals surface area contributed by atoms with Crippen molar-refractivity contribution in [1.82, 2.24) is 4.90 Å². The highest BCUT2D eigenvalue weighted by molar-refractivity contribution is 5.57. The van der Waals surface area contributed by atoms with Crippen molar-refractivity contribution < 1.29 is 19.4 Å². The van der Waals surface area contributed by atoms with E-state index in [-0.39, 0.29) is 18.0 Å². The molecule has 5 heteroatoms. The highest BCUT2D eigenvalue weighted by atomic mass is 16.3. The smallest absolute Gasteiger partial charge is 0.290 e. The third kappa shape index (κ3) is 4.60. The van der Waals surface area contributed by atoms with Gasteiger partial charge in [0.1, 0.15) is 11.5 Å². The minimum atomic E-state index is -0.250. The van der Waals surface area contributed by atoms with Gasteiger partial charge in [-0.2, -0.15) is 0 Å². The van der Waals surface area contributed by atoms with E-state index in [9.17, 15) is 5.11 Å². The Morgan fingerprint density at radius 3 is 2.56 bits per heavy atom. The summed E-state index contributed by atoms with van der Waals surface area (Å²) >= 11 is 0. The Hall–Kier alpha value is -2.11. The van der Waals surface area contributed by atoms with Gasteiger partial charge in [0.15, 0.2) is 0 Å². The summed E-state index contributed by atoms with van der Waals surface area (Å²) in [4.78, 5) is 10.8. The van der Waals surface area contributed by atoms with Crippen molar-refractivity contribution in [1.29, 1.82) is 0 Å². The van der Waals surface area contributed by atoms with Crippen LogP contribution in [0.3, 0.4) is 0 Å². The number of hydrogen-bond donors (Lipinski definition) is 2. The predicted octanol–water partition coefficient (Wildman–Crippen LogP) is 4.08. The molecule has 2 N–H and O–H groups in total. The first-order valence-corrected chi connectivity index (χ1v) is 9.70. The fourth-order valence-corrected chi connectivity index (χ4v) is 4.55. The van der Waals surface area contributed by atoms with Crippen molar-refractivity contribution in [3.05, 3.63) is 47.7 Å². The first-order chi connectivity index (χ1) is 13.1. The minimum Gasteiger partial charge on any atom is -0.483 e. The maximum Gasteiger partial charge on any atom is 0.290 e.